The third-order valence-corrected chi connectivity index (χ3v) is 4.73. The first-order chi connectivity index (χ1) is 11.0. The number of hydrogen-bond acceptors (Lipinski definition) is 5. The van der Waals surface area contributed by atoms with E-state index in [1.165, 1.54) is 33.5 Å². The highest BCUT2D eigenvalue weighted by atomic mass is 32.2. The number of methoxy groups -OCH3 is 3. The van der Waals surface area contributed by atoms with Crippen molar-refractivity contribution in [3.8, 4) is 17.2 Å². The second-order valence-corrected chi connectivity index (χ2v) is 6.42. The zero-order valence-corrected chi connectivity index (χ0v) is 14.0. The highest BCUT2D eigenvalue weighted by Gasteiger charge is 2.18. The third-order valence-electron chi connectivity index (χ3n) is 3.31. The molecule has 0 amide bonds. The van der Waals surface area contributed by atoms with Crippen LogP contribution in [0.4, 0.5) is 0 Å². The lowest BCUT2D eigenvalue weighted by Crippen LogP contribution is -2.23. The Morgan fingerprint density at radius 3 is 1.96 bits per heavy atom. The van der Waals surface area contributed by atoms with E-state index in [0.717, 1.165) is 0 Å². The Morgan fingerprint density at radius 1 is 0.913 bits per heavy atom. The Bertz CT molecular complexity index is 734. The first kappa shape index (κ1) is 17.1. The van der Waals surface area contributed by atoms with Gasteiger partial charge in [0.05, 0.1) is 31.8 Å². The molecule has 0 bridgehead atoms. The van der Waals surface area contributed by atoms with Gasteiger partial charge < -0.3 is 14.2 Å². The summed E-state index contributed by atoms with van der Waals surface area (Å²) in [6.07, 6.45) is 0. The van der Waals surface area contributed by atoms with Crippen molar-refractivity contribution in [2.45, 2.75) is 11.4 Å². The maximum atomic E-state index is 12.3. The van der Waals surface area contributed by atoms with Crippen molar-refractivity contribution in [3.05, 3.63) is 48.0 Å². The minimum Gasteiger partial charge on any atom is -0.496 e. The van der Waals surface area contributed by atoms with Gasteiger partial charge in [-0.3, -0.25) is 0 Å². The summed E-state index contributed by atoms with van der Waals surface area (Å²) >= 11 is 0. The van der Waals surface area contributed by atoms with E-state index in [0.29, 0.717) is 22.8 Å². The standard InChI is InChI=1S/C16H19NO5S/c1-20-12-9-15(21-2)14(16(10-12)22-3)11-17-23(18,19)13-7-5-4-6-8-13/h4-10,17H,11H2,1-3H3. The van der Waals surface area contributed by atoms with Crippen LogP contribution in [0.2, 0.25) is 0 Å². The summed E-state index contributed by atoms with van der Waals surface area (Å²) in [5.74, 6) is 1.53. The quantitative estimate of drug-likeness (QED) is 0.838. The molecule has 2 rings (SSSR count). The molecular weight excluding hydrogens is 318 g/mol. The summed E-state index contributed by atoms with van der Waals surface area (Å²) < 4.78 is 43.0. The molecule has 2 aromatic rings. The number of sulfonamides is 1. The van der Waals surface area contributed by atoms with Crippen molar-refractivity contribution in [3.63, 3.8) is 0 Å². The molecule has 0 spiro atoms. The van der Waals surface area contributed by atoms with Gasteiger partial charge in [0.1, 0.15) is 17.2 Å². The van der Waals surface area contributed by atoms with Crippen molar-refractivity contribution in [1.82, 2.24) is 4.72 Å². The van der Waals surface area contributed by atoms with Crippen molar-refractivity contribution < 1.29 is 22.6 Å². The van der Waals surface area contributed by atoms with Gasteiger partial charge >= 0.3 is 0 Å². The Balaban J connectivity index is 2.30. The Morgan fingerprint density at radius 2 is 1.48 bits per heavy atom. The predicted octanol–water partition coefficient (Wildman–Crippen LogP) is 2.19. The summed E-state index contributed by atoms with van der Waals surface area (Å²) in [5, 5.41) is 0. The smallest absolute Gasteiger partial charge is 0.240 e. The predicted molar refractivity (Wildman–Crippen MR) is 86.6 cm³/mol. The molecule has 0 aliphatic rings. The van der Waals surface area contributed by atoms with Crippen LogP contribution in [0.25, 0.3) is 0 Å². The molecule has 6 nitrogen and oxygen atoms in total. The Kier molecular flexibility index (Phi) is 5.46. The molecule has 0 aliphatic heterocycles. The summed E-state index contributed by atoms with van der Waals surface area (Å²) in [6, 6.07) is 11.5. The van der Waals surface area contributed by atoms with Crippen LogP contribution in [-0.4, -0.2) is 29.7 Å². The van der Waals surface area contributed by atoms with Crippen LogP contribution >= 0.6 is 0 Å². The topological polar surface area (TPSA) is 73.9 Å². The fraction of sp³-hybridized carbons (Fsp3) is 0.250. The molecule has 2 aromatic carbocycles. The van der Waals surface area contributed by atoms with E-state index >= 15 is 0 Å². The van der Waals surface area contributed by atoms with E-state index in [9.17, 15) is 8.42 Å². The number of hydrogen-bond donors (Lipinski definition) is 1. The molecule has 0 aliphatic carbocycles. The lowest BCUT2D eigenvalue weighted by molar-refractivity contribution is 0.368. The minimum atomic E-state index is -3.62. The molecular formula is C16H19NO5S. The average Bonchev–Trinajstić information content (AvgIpc) is 2.59. The molecule has 1 N–H and O–H groups in total. The first-order valence-electron chi connectivity index (χ1n) is 6.85. The van der Waals surface area contributed by atoms with E-state index in [1.807, 2.05) is 0 Å². The van der Waals surface area contributed by atoms with Crippen molar-refractivity contribution in [2.24, 2.45) is 0 Å². The van der Waals surface area contributed by atoms with E-state index < -0.39 is 10.0 Å². The molecule has 0 unspecified atom stereocenters. The van der Waals surface area contributed by atoms with Gasteiger partial charge in [-0.25, -0.2) is 13.1 Å². The minimum absolute atomic E-state index is 0.0353. The highest BCUT2D eigenvalue weighted by Crippen LogP contribution is 2.34. The number of ether oxygens (including phenoxy) is 3. The highest BCUT2D eigenvalue weighted by molar-refractivity contribution is 7.89. The maximum Gasteiger partial charge on any atom is 0.240 e. The third kappa shape index (κ3) is 3.94. The molecule has 0 fully saturated rings. The Hall–Kier alpha value is -2.25. The molecule has 23 heavy (non-hydrogen) atoms. The number of rotatable bonds is 7. The van der Waals surface area contributed by atoms with Gasteiger partial charge in [0.2, 0.25) is 10.0 Å². The second kappa shape index (κ2) is 7.34. The zero-order chi connectivity index (χ0) is 16.9. The SMILES string of the molecule is COc1cc(OC)c(CNS(=O)(=O)c2ccccc2)c(OC)c1. The van der Waals surface area contributed by atoms with Gasteiger partial charge in [0.15, 0.2) is 0 Å². The molecule has 0 atom stereocenters. The maximum absolute atomic E-state index is 12.3. The summed E-state index contributed by atoms with van der Waals surface area (Å²) in [6.45, 7) is 0.0353. The monoisotopic (exact) mass is 337 g/mol. The van der Waals surface area contributed by atoms with Crippen LogP contribution in [-0.2, 0) is 16.6 Å². The van der Waals surface area contributed by atoms with Crippen molar-refractivity contribution in [1.29, 1.82) is 0 Å². The van der Waals surface area contributed by atoms with E-state index in [1.54, 1.807) is 30.3 Å². The summed E-state index contributed by atoms with van der Waals surface area (Å²) in [5.41, 5.74) is 0.593. The van der Waals surface area contributed by atoms with E-state index in [-0.39, 0.29) is 11.4 Å². The second-order valence-electron chi connectivity index (χ2n) is 4.65. The lowest BCUT2D eigenvalue weighted by Gasteiger charge is -2.15. The largest absolute Gasteiger partial charge is 0.496 e. The van der Waals surface area contributed by atoms with Crippen LogP contribution in [0, 0.1) is 0 Å². The van der Waals surface area contributed by atoms with Crippen molar-refractivity contribution >= 4 is 10.0 Å². The number of benzene rings is 2. The summed E-state index contributed by atoms with van der Waals surface area (Å²) in [7, 11) is 0.924. The first-order valence-corrected chi connectivity index (χ1v) is 8.33. The molecule has 124 valence electrons. The molecule has 7 heteroatoms. The zero-order valence-electron chi connectivity index (χ0n) is 13.2. The fourth-order valence-electron chi connectivity index (χ4n) is 2.10. The van der Waals surface area contributed by atoms with Crippen LogP contribution in [0.1, 0.15) is 5.56 Å². The van der Waals surface area contributed by atoms with E-state index in [4.69, 9.17) is 14.2 Å². The fourth-order valence-corrected chi connectivity index (χ4v) is 3.12. The molecule has 0 radical (unpaired) electrons. The Labute approximate surface area is 136 Å². The van der Waals surface area contributed by atoms with Crippen molar-refractivity contribution in [2.75, 3.05) is 21.3 Å². The van der Waals surface area contributed by atoms with Gasteiger partial charge in [-0.15, -0.1) is 0 Å². The number of nitrogens with one attached hydrogen (secondary N) is 1. The summed E-state index contributed by atoms with van der Waals surface area (Å²) in [4.78, 5) is 0.200. The van der Waals surface area contributed by atoms with Gasteiger partial charge in [0.25, 0.3) is 0 Å². The van der Waals surface area contributed by atoms with Gasteiger partial charge in [-0.05, 0) is 12.1 Å². The van der Waals surface area contributed by atoms with Gasteiger partial charge in [-0.2, -0.15) is 0 Å². The van der Waals surface area contributed by atoms with Crippen LogP contribution in [0.3, 0.4) is 0 Å². The van der Waals surface area contributed by atoms with Gasteiger partial charge in [0, 0.05) is 18.7 Å². The molecule has 0 saturated carbocycles. The van der Waals surface area contributed by atoms with Crippen LogP contribution in [0.5, 0.6) is 17.2 Å². The van der Waals surface area contributed by atoms with Crippen LogP contribution in [0.15, 0.2) is 47.4 Å². The van der Waals surface area contributed by atoms with Gasteiger partial charge in [-0.1, -0.05) is 18.2 Å². The normalized spacial score (nSPS) is 11.1. The molecule has 0 heterocycles. The molecule has 0 aromatic heterocycles. The van der Waals surface area contributed by atoms with E-state index in [2.05, 4.69) is 4.72 Å². The van der Waals surface area contributed by atoms with Crippen LogP contribution < -0.4 is 18.9 Å². The lowest BCUT2D eigenvalue weighted by atomic mass is 10.1. The average molecular weight is 337 g/mol. The molecule has 0 saturated heterocycles.